The average Bonchev–Trinajstić information content (AvgIpc) is 2.41. The van der Waals surface area contributed by atoms with Crippen LogP contribution in [-0.4, -0.2) is 16.7 Å². The zero-order chi connectivity index (χ0) is 11.9. The molecule has 0 radical (unpaired) electrons. The Morgan fingerprint density at radius 1 is 1.00 bits per heavy atom. The lowest BCUT2D eigenvalue weighted by atomic mass is 10.1. The predicted octanol–water partition coefficient (Wildman–Crippen LogP) is 2.20. The maximum absolute atomic E-state index is 8.92. The summed E-state index contributed by atoms with van der Waals surface area (Å²) in [7, 11) is 0. The molecule has 0 aliphatic rings. The van der Waals surface area contributed by atoms with Crippen LogP contribution in [-0.2, 0) is 13.0 Å². The van der Waals surface area contributed by atoms with Crippen LogP contribution < -0.4 is 4.74 Å². The zero-order valence-corrected chi connectivity index (χ0v) is 9.54. The summed E-state index contributed by atoms with van der Waals surface area (Å²) < 4.78 is 5.51. The van der Waals surface area contributed by atoms with Crippen LogP contribution in [0.3, 0.4) is 0 Å². The molecule has 2 rings (SSSR count). The predicted molar refractivity (Wildman–Crippen MR) is 65.8 cm³/mol. The summed E-state index contributed by atoms with van der Waals surface area (Å²) in [6.07, 6.45) is 2.55. The minimum Gasteiger partial charge on any atom is -0.477 e. The second-order valence-corrected chi connectivity index (χ2v) is 3.74. The molecule has 1 aromatic heterocycles. The van der Waals surface area contributed by atoms with E-state index in [1.54, 1.807) is 6.20 Å². The Morgan fingerprint density at radius 2 is 1.76 bits per heavy atom. The Labute approximate surface area is 101 Å². The van der Waals surface area contributed by atoms with Gasteiger partial charge in [-0.15, -0.1) is 0 Å². The van der Waals surface area contributed by atoms with Gasteiger partial charge in [0.2, 0.25) is 5.88 Å². The molecule has 0 atom stereocenters. The van der Waals surface area contributed by atoms with Crippen molar-refractivity contribution >= 4 is 0 Å². The van der Waals surface area contributed by atoms with Crippen LogP contribution in [0.1, 0.15) is 11.1 Å². The largest absolute Gasteiger partial charge is 0.477 e. The van der Waals surface area contributed by atoms with Crippen molar-refractivity contribution in [1.82, 2.24) is 4.98 Å². The fourth-order valence-corrected chi connectivity index (χ4v) is 1.52. The van der Waals surface area contributed by atoms with Gasteiger partial charge in [0, 0.05) is 18.7 Å². The summed E-state index contributed by atoms with van der Waals surface area (Å²) in [5, 5.41) is 8.92. The minimum absolute atomic E-state index is 0.0880. The molecule has 3 nitrogen and oxygen atoms in total. The molecule has 2 aromatic rings. The van der Waals surface area contributed by atoms with Crippen molar-refractivity contribution in [3.8, 4) is 5.88 Å². The van der Waals surface area contributed by atoms with E-state index >= 15 is 0 Å². The van der Waals surface area contributed by atoms with Gasteiger partial charge in [-0.2, -0.15) is 0 Å². The highest BCUT2D eigenvalue weighted by atomic mass is 16.5. The summed E-state index contributed by atoms with van der Waals surface area (Å²) in [4.78, 5) is 4.08. The van der Waals surface area contributed by atoms with Crippen LogP contribution in [0.2, 0.25) is 0 Å². The van der Waals surface area contributed by atoms with Crippen molar-refractivity contribution in [2.24, 2.45) is 0 Å². The molecule has 0 aliphatic carbocycles. The second kappa shape index (κ2) is 6.01. The Kier molecular flexibility index (Phi) is 4.11. The molecule has 0 unspecified atom stereocenters. The molecule has 17 heavy (non-hydrogen) atoms. The first-order chi connectivity index (χ1) is 8.38. The Balaban J connectivity index is 1.82. The molecule has 1 heterocycles. The summed E-state index contributed by atoms with van der Waals surface area (Å²) in [5.74, 6) is 0.652. The van der Waals surface area contributed by atoms with E-state index in [1.165, 1.54) is 5.56 Å². The van der Waals surface area contributed by atoms with Gasteiger partial charge in [0.15, 0.2) is 0 Å². The van der Waals surface area contributed by atoms with Gasteiger partial charge in [0.1, 0.15) is 0 Å². The summed E-state index contributed by atoms with van der Waals surface area (Å²) in [5.41, 5.74) is 2.12. The van der Waals surface area contributed by atoms with Crippen molar-refractivity contribution in [1.29, 1.82) is 0 Å². The van der Waals surface area contributed by atoms with Crippen molar-refractivity contribution in [2.75, 3.05) is 6.61 Å². The van der Waals surface area contributed by atoms with Gasteiger partial charge >= 0.3 is 0 Å². The van der Waals surface area contributed by atoms with Crippen LogP contribution >= 0.6 is 0 Å². The standard InChI is InChI=1S/C14H15NO2/c16-11-13-6-4-12(5-7-13)8-10-17-14-3-1-2-9-15-14/h1-7,9,16H,8,10-11H2. The lowest BCUT2D eigenvalue weighted by molar-refractivity contribution is 0.281. The highest BCUT2D eigenvalue weighted by molar-refractivity contribution is 5.22. The van der Waals surface area contributed by atoms with E-state index in [0.29, 0.717) is 12.5 Å². The van der Waals surface area contributed by atoms with Gasteiger partial charge in [0.25, 0.3) is 0 Å². The Morgan fingerprint density at radius 3 is 2.41 bits per heavy atom. The normalized spacial score (nSPS) is 10.2. The molecule has 0 bridgehead atoms. The van der Waals surface area contributed by atoms with E-state index < -0.39 is 0 Å². The van der Waals surface area contributed by atoms with E-state index in [-0.39, 0.29) is 6.61 Å². The molecule has 0 amide bonds. The van der Waals surface area contributed by atoms with Crippen LogP contribution in [0.25, 0.3) is 0 Å². The van der Waals surface area contributed by atoms with Gasteiger partial charge in [-0.25, -0.2) is 4.98 Å². The van der Waals surface area contributed by atoms with Crippen LogP contribution in [0.15, 0.2) is 48.7 Å². The molecule has 0 saturated heterocycles. The molecule has 0 saturated carbocycles. The molecule has 88 valence electrons. The van der Waals surface area contributed by atoms with Crippen LogP contribution in [0.5, 0.6) is 5.88 Å². The number of aliphatic hydroxyl groups excluding tert-OH is 1. The molecule has 1 N–H and O–H groups in total. The Hall–Kier alpha value is -1.87. The highest BCUT2D eigenvalue weighted by Gasteiger charge is 1.96. The van der Waals surface area contributed by atoms with Crippen molar-refractivity contribution < 1.29 is 9.84 Å². The second-order valence-electron chi connectivity index (χ2n) is 3.74. The van der Waals surface area contributed by atoms with Gasteiger partial charge < -0.3 is 9.84 Å². The lowest BCUT2D eigenvalue weighted by Crippen LogP contribution is -2.02. The smallest absolute Gasteiger partial charge is 0.213 e. The number of hydrogen-bond acceptors (Lipinski definition) is 3. The molecule has 0 aliphatic heterocycles. The van der Waals surface area contributed by atoms with Gasteiger partial charge in [0.05, 0.1) is 13.2 Å². The zero-order valence-electron chi connectivity index (χ0n) is 9.54. The molecule has 1 aromatic carbocycles. The highest BCUT2D eigenvalue weighted by Crippen LogP contribution is 2.07. The van der Waals surface area contributed by atoms with Crippen LogP contribution in [0, 0.1) is 0 Å². The van der Waals surface area contributed by atoms with Crippen molar-refractivity contribution in [2.45, 2.75) is 13.0 Å². The third-order valence-corrected chi connectivity index (χ3v) is 2.48. The SMILES string of the molecule is OCc1ccc(CCOc2ccccn2)cc1. The minimum atomic E-state index is 0.0880. The number of aliphatic hydroxyl groups is 1. The fourth-order valence-electron chi connectivity index (χ4n) is 1.52. The maximum Gasteiger partial charge on any atom is 0.213 e. The topological polar surface area (TPSA) is 42.4 Å². The van der Waals surface area contributed by atoms with E-state index in [4.69, 9.17) is 9.84 Å². The fraction of sp³-hybridized carbons (Fsp3) is 0.214. The Bertz CT molecular complexity index is 440. The first kappa shape index (κ1) is 11.6. The summed E-state index contributed by atoms with van der Waals surface area (Å²) in [6.45, 7) is 0.695. The third kappa shape index (κ3) is 3.57. The number of benzene rings is 1. The number of rotatable bonds is 5. The number of nitrogens with zero attached hydrogens (tertiary/aromatic N) is 1. The number of hydrogen-bond donors (Lipinski definition) is 1. The monoisotopic (exact) mass is 229 g/mol. The molecule has 0 spiro atoms. The maximum atomic E-state index is 8.92. The molecule has 0 fully saturated rings. The molecular weight excluding hydrogens is 214 g/mol. The van der Waals surface area contributed by atoms with E-state index in [1.807, 2.05) is 42.5 Å². The lowest BCUT2D eigenvalue weighted by Gasteiger charge is -2.05. The number of pyridine rings is 1. The van der Waals surface area contributed by atoms with E-state index in [2.05, 4.69) is 4.98 Å². The van der Waals surface area contributed by atoms with Crippen molar-refractivity contribution in [3.63, 3.8) is 0 Å². The summed E-state index contributed by atoms with van der Waals surface area (Å²) >= 11 is 0. The van der Waals surface area contributed by atoms with Crippen LogP contribution in [0.4, 0.5) is 0 Å². The van der Waals surface area contributed by atoms with Gasteiger partial charge in [-0.05, 0) is 17.2 Å². The summed E-state index contributed by atoms with van der Waals surface area (Å²) in [6, 6.07) is 13.5. The first-order valence-electron chi connectivity index (χ1n) is 5.61. The number of aromatic nitrogens is 1. The quantitative estimate of drug-likeness (QED) is 0.854. The van der Waals surface area contributed by atoms with Gasteiger partial charge in [-0.3, -0.25) is 0 Å². The third-order valence-electron chi connectivity index (χ3n) is 2.48. The molecule has 3 heteroatoms. The van der Waals surface area contributed by atoms with Crippen molar-refractivity contribution in [3.05, 3.63) is 59.8 Å². The number of ether oxygens (including phenoxy) is 1. The average molecular weight is 229 g/mol. The van der Waals surface area contributed by atoms with E-state index in [9.17, 15) is 0 Å². The van der Waals surface area contributed by atoms with E-state index in [0.717, 1.165) is 12.0 Å². The molecular formula is C14H15NO2. The van der Waals surface area contributed by atoms with Gasteiger partial charge in [-0.1, -0.05) is 30.3 Å². The first-order valence-corrected chi connectivity index (χ1v) is 5.61.